The van der Waals surface area contributed by atoms with Crippen LogP contribution in [-0.4, -0.2) is 74.8 Å². The van der Waals surface area contributed by atoms with E-state index in [0.717, 1.165) is 64.7 Å². The van der Waals surface area contributed by atoms with Crippen molar-refractivity contribution in [2.24, 2.45) is 0 Å². The van der Waals surface area contributed by atoms with Crippen LogP contribution in [0.5, 0.6) is 5.75 Å². The van der Waals surface area contributed by atoms with E-state index < -0.39 is 6.10 Å². The molecule has 2 saturated heterocycles. The van der Waals surface area contributed by atoms with E-state index in [9.17, 15) is 5.11 Å². The van der Waals surface area contributed by atoms with Crippen LogP contribution in [0.1, 0.15) is 18.4 Å². The van der Waals surface area contributed by atoms with Crippen LogP contribution in [0, 0.1) is 0 Å². The predicted molar refractivity (Wildman–Crippen MR) is 95.9 cm³/mol. The van der Waals surface area contributed by atoms with Crippen molar-refractivity contribution < 1.29 is 19.3 Å². The van der Waals surface area contributed by atoms with Gasteiger partial charge in [-0.25, -0.2) is 0 Å². The zero-order valence-corrected chi connectivity index (χ0v) is 14.9. The van der Waals surface area contributed by atoms with Crippen LogP contribution >= 0.6 is 0 Å². The lowest BCUT2D eigenvalue weighted by molar-refractivity contribution is 0.00465. The largest absolute Gasteiger partial charge is 0.491 e. The van der Waals surface area contributed by atoms with E-state index in [4.69, 9.17) is 14.2 Å². The third-order valence-electron chi connectivity index (χ3n) is 4.73. The maximum atomic E-state index is 10.2. The summed E-state index contributed by atoms with van der Waals surface area (Å²) in [6, 6.07) is 8.63. The van der Waals surface area contributed by atoms with E-state index in [1.807, 2.05) is 18.2 Å². The lowest BCUT2D eigenvalue weighted by atomic mass is 10.1. The number of hydrogen-bond donors (Lipinski definition) is 2. The minimum atomic E-state index is -0.484. The minimum absolute atomic E-state index is 0.314. The van der Waals surface area contributed by atoms with Crippen molar-refractivity contribution in [2.45, 2.75) is 31.5 Å². The molecule has 3 rings (SSSR count). The van der Waals surface area contributed by atoms with Crippen molar-refractivity contribution in [1.29, 1.82) is 0 Å². The van der Waals surface area contributed by atoms with Gasteiger partial charge in [0.25, 0.3) is 0 Å². The van der Waals surface area contributed by atoms with Gasteiger partial charge in [0.05, 0.1) is 13.2 Å². The molecule has 6 nitrogen and oxygen atoms in total. The van der Waals surface area contributed by atoms with Crippen molar-refractivity contribution in [3.63, 3.8) is 0 Å². The fraction of sp³-hybridized carbons (Fsp3) is 0.684. The molecule has 140 valence electrons. The molecule has 2 N–H and O–H groups in total. The third kappa shape index (κ3) is 6.56. The highest BCUT2D eigenvalue weighted by Gasteiger charge is 2.16. The molecule has 0 amide bonds. The predicted octanol–water partition coefficient (Wildman–Crippen LogP) is 1.03. The van der Waals surface area contributed by atoms with Gasteiger partial charge in [-0.3, -0.25) is 4.90 Å². The Hall–Kier alpha value is -1.18. The highest BCUT2D eigenvalue weighted by atomic mass is 16.5. The fourth-order valence-electron chi connectivity index (χ4n) is 3.24. The lowest BCUT2D eigenvalue weighted by Crippen LogP contribution is -2.42. The molecule has 0 bridgehead atoms. The van der Waals surface area contributed by atoms with Crippen LogP contribution in [0.4, 0.5) is 0 Å². The van der Waals surface area contributed by atoms with Gasteiger partial charge >= 0.3 is 0 Å². The first-order valence-electron chi connectivity index (χ1n) is 9.30. The number of morpholine rings is 1. The number of nitrogens with zero attached hydrogens (tertiary/aromatic N) is 1. The molecule has 0 radical (unpaired) electrons. The van der Waals surface area contributed by atoms with E-state index in [-0.39, 0.29) is 0 Å². The van der Waals surface area contributed by atoms with Crippen molar-refractivity contribution in [2.75, 3.05) is 52.7 Å². The highest BCUT2D eigenvalue weighted by molar-refractivity contribution is 5.28. The summed E-state index contributed by atoms with van der Waals surface area (Å²) in [5.74, 6) is 0.812. The molecular weight excluding hydrogens is 320 g/mol. The highest BCUT2D eigenvalue weighted by Crippen LogP contribution is 2.15. The summed E-state index contributed by atoms with van der Waals surface area (Å²) in [6.45, 7) is 6.73. The summed E-state index contributed by atoms with van der Waals surface area (Å²) in [4.78, 5) is 2.21. The van der Waals surface area contributed by atoms with Crippen LogP contribution in [-0.2, 0) is 16.0 Å². The van der Waals surface area contributed by atoms with Crippen LogP contribution < -0.4 is 10.1 Å². The van der Waals surface area contributed by atoms with Crippen molar-refractivity contribution in [3.8, 4) is 5.75 Å². The molecule has 0 aliphatic carbocycles. The Kier molecular flexibility index (Phi) is 7.51. The van der Waals surface area contributed by atoms with Gasteiger partial charge in [0.15, 0.2) is 0 Å². The summed E-state index contributed by atoms with van der Waals surface area (Å²) in [6.07, 6.45) is 1.66. The first kappa shape index (κ1) is 18.6. The van der Waals surface area contributed by atoms with Gasteiger partial charge in [0, 0.05) is 45.4 Å². The van der Waals surface area contributed by atoms with Gasteiger partial charge in [0.2, 0.25) is 0 Å². The molecule has 2 aliphatic heterocycles. The summed E-state index contributed by atoms with van der Waals surface area (Å²) in [5.41, 5.74) is 1.20. The van der Waals surface area contributed by atoms with E-state index in [2.05, 4.69) is 16.3 Å². The second-order valence-corrected chi connectivity index (χ2v) is 6.79. The smallest absolute Gasteiger partial charge is 0.119 e. The Labute approximate surface area is 150 Å². The summed E-state index contributed by atoms with van der Waals surface area (Å²) in [5, 5.41) is 13.8. The van der Waals surface area contributed by atoms with E-state index >= 15 is 0 Å². The number of ether oxygens (including phenoxy) is 3. The van der Waals surface area contributed by atoms with Gasteiger partial charge in [-0.15, -0.1) is 0 Å². The summed E-state index contributed by atoms with van der Waals surface area (Å²) >= 11 is 0. The van der Waals surface area contributed by atoms with Crippen LogP contribution in [0.25, 0.3) is 0 Å². The molecule has 1 aromatic carbocycles. The van der Waals surface area contributed by atoms with Crippen LogP contribution in [0.3, 0.4) is 0 Å². The molecule has 1 aromatic rings. The zero-order valence-electron chi connectivity index (χ0n) is 14.9. The Morgan fingerprint density at radius 1 is 1.16 bits per heavy atom. The zero-order chi connectivity index (χ0) is 17.3. The Morgan fingerprint density at radius 2 is 1.92 bits per heavy atom. The average Bonchev–Trinajstić information content (AvgIpc) is 2.67. The van der Waals surface area contributed by atoms with Gasteiger partial charge < -0.3 is 24.6 Å². The number of hydrogen-bond acceptors (Lipinski definition) is 6. The van der Waals surface area contributed by atoms with Gasteiger partial charge in [-0.2, -0.15) is 0 Å². The molecular formula is C19H30N2O4. The second-order valence-electron chi connectivity index (χ2n) is 6.79. The number of β-amino-alcohol motifs (C(OH)–C–C–N with tert-alkyl or cyclic N) is 1. The van der Waals surface area contributed by atoms with Crippen molar-refractivity contribution in [3.05, 3.63) is 29.8 Å². The number of benzene rings is 1. The molecule has 1 unspecified atom stereocenters. The van der Waals surface area contributed by atoms with Gasteiger partial charge in [-0.05, 0) is 30.5 Å². The van der Waals surface area contributed by atoms with E-state index in [0.29, 0.717) is 19.2 Å². The first-order chi connectivity index (χ1) is 12.3. The molecule has 1 atom stereocenters. The Balaban J connectivity index is 1.39. The monoisotopic (exact) mass is 350 g/mol. The molecule has 0 aromatic heterocycles. The SMILES string of the molecule is OC(COc1cccc(CNC2CCOCC2)c1)CN1CCOCC1. The average molecular weight is 350 g/mol. The van der Waals surface area contributed by atoms with Gasteiger partial charge in [0.1, 0.15) is 18.5 Å². The van der Waals surface area contributed by atoms with Crippen molar-refractivity contribution in [1.82, 2.24) is 10.2 Å². The van der Waals surface area contributed by atoms with E-state index in [1.165, 1.54) is 5.56 Å². The molecule has 25 heavy (non-hydrogen) atoms. The normalized spacial score (nSPS) is 21.2. The maximum absolute atomic E-state index is 10.2. The summed E-state index contributed by atoms with van der Waals surface area (Å²) in [7, 11) is 0. The summed E-state index contributed by atoms with van der Waals surface area (Å²) < 4.78 is 16.5. The number of rotatable bonds is 8. The first-order valence-corrected chi connectivity index (χ1v) is 9.30. The van der Waals surface area contributed by atoms with Crippen molar-refractivity contribution >= 4 is 0 Å². The number of aliphatic hydroxyl groups is 1. The quantitative estimate of drug-likeness (QED) is 0.730. The topological polar surface area (TPSA) is 63.2 Å². The van der Waals surface area contributed by atoms with E-state index in [1.54, 1.807) is 0 Å². The Bertz CT molecular complexity index is 502. The number of nitrogens with one attached hydrogen (secondary N) is 1. The Morgan fingerprint density at radius 3 is 2.72 bits per heavy atom. The lowest BCUT2D eigenvalue weighted by Gasteiger charge is -2.28. The molecule has 0 saturated carbocycles. The standard InChI is InChI=1S/C19H30N2O4/c22-18(14-21-6-10-24-11-7-21)15-25-19-3-1-2-16(12-19)13-20-17-4-8-23-9-5-17/h1-3,12,17-18,20,22H,4-11,13-15H2. The maximum Gasteiger partial charge on any atom is 0.119 e. The van der Waals surface area contributed by atoms with Gasteiger partial charge in [-0.1, -0.05) is 12.1 Å². The second kappa shape index (κ2) is 10.1. The molecule has 2 aliphatic rings. The molecule has 0 spiro atoms. The minimum Gasteiger partial charge on any atom is -0.491 e. The molecule has 2 fully saturated rings. The van der Waals surface area contributed by atoms with Crippen LogP contribution in [0.15, 0.2) is 24.3 Å². The fourth-order valence-corrected chi connectivity index (χ4v) is 3.24. The third-order valence-corrected chi connectivity index (χ3v) is 4.73. The number of aliphatic hydroxyl groups excluding tert-OH is 1. The molecule has 6 heteroatoms. The van der Waals surface area contributed by atoms with Crippen LogP contribution in [0.2, 0.25) is 0 Å². The molecule has 2 heterocycles.